The van der Waals surface area contributed by atoms with Crippen LogP contribution in [0.5, 0.6) is 17.2 Å². The zero-order valence-corrected chi connectivity index (χ0v) is 21.2. The van der Waals surface area contributed by atoms with Gasteiger partial charge in [-0.25, -0.2) is 0 Å². The molecule has 1 amide bonds. The Kier molecular flexibility index (Phi) is 8.64. The van der Waals surface area contributed by atoms with Crippen molar-refractivity contribution in [1.29, 1.82) is 0 Å². The lowest BCUT2D eigenvalue weighted by Gasteiger charge is -2.25. The first-order valence-corrected chi connectivity index (χ1v) is 11.5. The van der Waals surface area contributed by atoms with Crippen molar-refractivity contribution >= 4 is 29.1 Å². The molecule has 1 unspecified atom stereocenters. The van der Waals surface area contributed by atoms with Crippen molar-refractivity contribution in [2.75, 3.05) is 41.1 Å². The fraction of sp³-hybridized carbons (Fsp3) is 0.385. The van der Waals surface area contributed by atoms with E-state index in [1.165, 1.54) is 38.4 Å². The van der Waals surface area contributed by atoms with Gasteiger partial charge in [0, 0.05) is 19.7 Å². The number of hydrogen-bond acceptors (Lipinski definition) is 7. The molecule has 1 heterocycles. The number of Topliss-reactive ketones (excluding diaryl/α,β-unsaturated/α-hetero) is 1. The molecule has 2 aromatic rings. The number of carbonyl (C=O) groups is 2. The summed E-state index contributed by atoms with van der Waals surface area (Å²) >= 11 is 6.29. The summed E-state index contributed by atoms with van der Waals surface area (Å²) in [5, 5.41) is 11.5. The Hall–Kier alpha value is -3.23. The molecule has 8 nitrogen and oxygen atoms in total. The zero-order valence-electron chi connectivity index (χ0n) is 20.5. The Labute approximate surface area is 210 Å². The number of halogens is 1. The van der Waals surface area contributed by atoms with Crippen molar-refractivity contribution in [3.63, 3.8) is 0 Å². The Bertz CT molecular complexity index is 1110. The summed E-state index contributed by atoms with van der Waals surface area (Å²) in [7, 11) is 4.39. The van der Waals surface area contributed by atoms with Crippen LogP contribution in [0.3, 0.4) is 0 Å². The lowest BCUT2D eigenvalue weighted by molar-refractivity contribution is -0.140. The number of hydrogen-bond donors (Lipinski definition) is 1. The summed E-state index contributed by atoms with van der Waals surface area (Å²) in [6.07, 6.45) is 0. The smallest absolute Gasteiger partial charge is 0.295 e. The van der Waals surface area contributed by atoms with E-state index in [0.29, 0.717) is 29.6 Å². The molecule has 0 aliphatic carbocycles. The summed E-state index contributed by atoms with van der Waals surface area (Å²) in [4.78, 5) is 27.5. The van der Waals surface area contributed by atoms with Crippen LogP contribution in [-0.2, 0) is 14.3 Å². The van der Waals surface area contributed by atoms with Crippen molar-refractivity contribution in [2.45, 2.75) is 19.9 Å². The number of ketones is 1. The van der Waals surface area contributed by atoms with Crippen LogP contribution in [0.25, 0.3) is 5.76 Å². The van der Waals surface area contributed by atoms with Crippen LogP contribution in [0.1, 0.15) is 31.0 Å². The van der Waals surface area contributed by atoms with Crippen LogP contribution in [-0.4, -0.2) is 62.8 Å². The van der Waals surface area contributed by atoms with Crippen molar-refractivity contribution in [3.8, 4) is 17.2 Å². The van der Waals surface area contributed by atoms with Gasteiger partial charge < -0.3 is 29.0 Å². The van der Waals surface area contributed by atoms with Gasteiger partial charge in [-0.05, 0) is 29.7 Å². The minimum atomic E-state index is -0.838. The minimum Gasteiger partial charge on any atom is -0.507 e. The number of aliphatic hydroxyl groups excluding tert-OH is 1. The summed E-state index contributed by atoms with van der Waals surface area (Å²) in [5.74, 6) is -0.320. The maximum atomic E-state index is 13.2. The second kappa shape index (κ2) is 11.5. The number of likely N-dealkylation sites (tertiary alicyclic amines) is 1. The fourth-order valence-electron chi connectivity index (χ4n) is 3.85. The number of methoxy groups -OCH3 is 3. The predicted molar refractivity (Wildman–Crippen MR) is 132 cm³/mol. The summed E-state index contributed by atoms with van der Waals surface area (Å²) in [6.45, 7) is 5.05. The molecule has 0 aromatic heterocycles. The number of nitrogens with zero attached hydrogens (tertiary/aromatic N) is 1. The number of ether oxygens (including phenoxy) is 4. The average Bonchev–Trinajstić information content (AvgIpc) is 3.10. The number of benzene rings is 2. The zero-order chi connectivity index (χ0) is 25.7. The van der Waals surface area contributed by atoms with Crippen LogP contribution < -0.4 is 14.2 Å². The summed E-state index contributed by atoms with van der Waals surface area (Å²) in [6, 6.07) is 9.22. The second-order valence-corrected chi connectivity index (χ2v) is 8.85. The van der Waals surface area contributed by atoms with Gasteiger partial charge in [0.25, 0.3) is 11.7 Å². The molecule has 0 saturated carbocycles. The van der Waals surface area contributed by atoms with Crippen molar-refractivity contribution in [3.05, 3.63) is 58.1 Å². The van der Waals surface area contributed by atoms with Gasteiger partial charge in [0.2, 0.25) is 0 Å². The molecule has 1 fully saturated rings. The highest BCUT2D eigenvalue weighted by Gasteiger charge is 2.46. The van der Waals surface area contributed by atoms with E-state index in [2.05, 4.69) is 13.8 Å². The van der Waals surface area contributed by atoms with E-state index in [1.54, 1.807) is 24.3 Å². The Morgan fingerprint density at radius 2 is 1.71 bits per heavy atom. The van der Waals surface area contributed by atoms with Crippen molar-refractivity contribution in [1.82, 2.24) is 4.90 Å². The van der Waals surface area contributed by atoms with Crippen LogP contribution in [0.15, 0.2) is 42.0 Å². The van der Waals surface area contributed by atoms with E-state index in [9.17, 15) is 14.7 Å². The lowest BCUT2D eigenvalue weighted by Crippen LogP contribution is -2.32. The maximum Gasteiger partial charge on any atom is 0.295 e. The third-order valence-corrected chi connectivity index (χ3v) is 5.88. The molecule has 1 N–H and O–H groups in total. The second-order valence-electron chi connectivity index (χ2n) is 8.45. The first-order chi connectivity index (χ1) is 16.7. The SMILES string of the molecule is COCCN1C(=O)C(=O)/C(=C(/O)c2cc(Cl)c(OC)cc2OC)C1c1ccc(OCC(C)C)cc1. The normalized spacial score (nSPS) is 17.2. The van der Waals surface area contributed by atoms with Crippen LogP contribution in [0.2, 0.25) is 5.02 Å². The molecule has 0 radical (unpaired) electrons. The Balaban J connectivity index is 2.14. The van der Waals surface area contributed by atoms with Gasteiger partial charge >= 0.3 is 0 Å². The molecule has 2 aromatic carbocycles. The number of aliphatic hydroxyl groups is 1. The van der Waals surface area contributed by atoms with E-state index in [0.717, 1.165) is 0 Å². The number of amides is 1. The molecule has 1 aliphatic heterocycles. The summed E-state index contributed by atoms with van der Waals surface area (Å²) < 4.78 is 21.5. The molecule has 35 heavy (non-hydrogen) atoms. The summed E-state index contributed by atoms with van der Waals surface area (Å²) in [5.41, 5.74) is 0.740. The fourth-order valence-corrected chi connectivity index (χ4v) is 4.09. The van der Waals surface area contributed by atoms with Gasteiger partial charge in [-0.3, -0.25) is 9.59 Å². The molecule has 3 rings (SSSR count). The number of rotatable bonds is 10. The largest absolute Gasteiger partial charge is 0.507 e. The minimum absolute atomic E-state index is 0.0681. The van der Waals surface area contributed by atoms with Crippen molar-refractivity contribution in [2.24, 2.45) is 5.92 Å². The standard InChI is InChI=1S/C26H30ClNO7/c1-15(2)14-35-17-8-6-16(7-9-17)23-22(25(30)26(31)28(23)10-11-32-3)24(29)18-12-19(27)21(34-5)13-20(18)33-4/h6-9,12-13,15,23,29H,10-11,14H2,1-5H3/b24-22+. The van der Waals surface area contributed by atoms with E-state index < -0.39 is 23.5 Å². The third-order valence-electron chi connectivity index (χ3n) is 5.58. The van der Waals surface area contributed by atoms with Gasteiger partial charge in [0.1, 0.15) is 23.0 Å². The molecule has 1 saturated heterocycles. The number of carbonyl (C=O) groups excluding carboxylic acids is 2. The van der Waals surface area contributed by atoms with Crippen molar-refractivity contribution < 1.29 is 33.6 Å². The van der Waals surface area contributed by atoms with Gasteiger partial charge in [-0.2, -0.15) is 0 Å². The van der Waals surface area contributed by atoms with Gasteiger partial charge in [-0.1, -0.05) is 37.6 Å². The van der Waals surface area contributed by atoms with E-state index in [4.69, 9.17) is 30.5 Å². The first kappa shape index (κ1) is 26.4. The van der Waals surface area contributed by atoms with E-state index in [-0.39, 0.29) is 35.1 Å². The maximum absolute atomic E-state index is 13.2. The molecular weight excluding hydrogens is 474 g/mol. The quantitative estimate of drug-likeness (QED) is 0.290. The third kappa shape index (κ3) is 5.55. The molecule has 1 atom stereocenters. The van der Waals surface area contributed by atoms with E-state index in [1.807, 2.05) is 0 Å². The highest BCUT2D eigenvalue weighted by molar-refractivity contribution is 6.46. The van der Waals surface area contributed by atoms with Crippen LogP contribution in [0.4, 0.5) is 0 Å². The van der Waals surface area contributed by atoms with Gasteiger partial charge in [0.05, 0.1) is 49.6 Å². The predicted octanol–water partition coefficient (Wildman–Crippen LogP) is 4.46. The molecule has 1 aliphatic rings. The van der Waals surface area contributed by atoms with Crippen LogP contribution in [0, 0.1) is 5.92 Å². The van der Waals surface area contributed by atoms with Gasteiger partial charge in [0.15, 0.2) is 0 Å². The molecule has 0 spiro atoms. The molecular formula is C26H30ClNO7. The molecule has 188 valence electrons. The van der Waals surface area contributed by atoms with Gasteiger partial charge in [-0.15, -0.1) is 0 Å². The Morgan fingerprint density at radius 3 is 2.29 bits per heavy atom. The molecule has 0 bridgehead atoms. The van der Waals surface area contributed by atoms with E-state index >= 15 is 0 Å². The molecule has 9 heteroatoms. The topological polar surface area (TPSA) is 94.5 Å². The average molecular weight is 504 g/mol. The van der Waals surface area contributed by atoms with Crippen LogP contribution >= 0.6 is 11.6 Å². The highest BCUT2D eigenvalue weighted by atomic mass is 35.5. The lowest BCUT2D eigenvalue weighted by atomic mass is 9.95. The first-order valence-electron chi connectivity index (χ1n) is 11.1. The monoisotopic (exact) mass is 503 g/mol. The highest BCUT2D eigenvalue weighted by Crippen LogP contribution is 2.43. The Morgan fingerprint density at radius 1 is 1.06 bits per heavy atom.